The number of aromatic nitrogens is 1. The third-order valence-corrected chi connectivity index (χ3v) is 11.6. The summed E-state index contributed by atoms with van der Waals surface area (Å²) in [5, 5.41) is 2.63. The largest absolute Gasteiger partial charge is 0.338 e. The second kappa shape index (κ2) is 11.4. The van der Waals surface area contributed by atoms with Crippen molar-refractivity contribution < 1.29 is 4.57 Å². The summed E-state index contributed by atoms with van der Waals surface area (Å²) >= 11 is 3.79. The van der Waals surface area contributed by atoms with Crippen molar-refractivity contribution in [3.63, 3.8) is 0 Å². The zero-order valence-electron chi connectivity index (χ0n) is 25.2. The summed E-state index contributed by atoms with van der Waals surface area (Å²) in [6, 6.07) is 35.1. The second-order valence-electron chi connectivity index (χ2n) is 12.1. The first-order chi connectivity index (χ1) is 21.6. The minimum atomic E-state index is 0.679. The lowest BCUT2D eigenvalue weighted by Crippen LogP contribution is -2.29. The molecule has 0 fully saturated rings. The lowest BCUT2D eigenvalue weighted by atomic mass is 9.77. The number of nitrogens with zero attached hydrogens (tertiary/aromatic N) is 2. The van der Waals surface area contributed by atoms with E-state index in [1.807, 2.05) is 23.1 Å². The van der Waals surface area contributed by atoms with Crippen LogP contribution in [0.2, 0.25) is 0 Å². The minimum Gasteiger partial charge on any atom is -0.338 e. The lowest BCUT2D eigenvalue weighted by Gasteiger charge is -2.28. The first-order valence-corrected chi connectivity index (χ1v) is 17.2. The van der Waals surface area contributed by atoms with Crippen LogP contribution in [0, 0.1) is 5.92 Å². The molecule has 2 nitrogen and oxygen atoms in total. The smallest absolute Gasteiger partial charge is 0.262 e. The van der Waals surface area contributed by atoms with Gasteiger partial charge in [-0.1, -0.05) is 102 Å². The Balaban J connectivity index is 1.06. The molecule has 216 valence electrons. The van der Waals surface area contributed by atoms with Crippen molar-refractivity contribution >= 4 is 45.1 Å². The number of thiazole rings is 1. The van der Waals surface area contributed by atoms with Crippen LogP contribution < -0.4 is 9.47 Å². The predicted octanol–water partition coefficient (Wildman–Crippen LogP) is 10.6. The quantitative estimate of drug-likeness (QED) is 0.188. The van der Waals surface area contributed by atoms with Gasteiger partial charge in [-0.15, -0.1) is 0 Å². The molecule has 1 aliphatic heterocycles. The van der Waals surface area contributed by atoms with E-state index in [1.54, 1.807) is 0 Å². The molecular formula is C40H35N2S2+. The van der Waals surface area contributed by atoms with Gasteiger partial charge in [-0.25, -0.2) is 0 Å². The maximum Gasteiger partial charge on any atom is 0.262 e. The van der Waals surface area contributed by atoms with Gasteiger partial charge < -0.3 is 4.90 Å². The normalized spacial score (nSPS) is 19.7. The van der Waals surface area contributed by atoms with Gasteiger partial charge in [0.2, 0.25) is 5.52 Å². The monoisotopic (exact) mass is 607 g/mol. The maximum absolute atomic E-state index is 2.48. The van der Waals surface area contributed by atoms with Gasteiger partial charge in [0.05, 0.1) is 10.7 Å². The van der Waals surface area contributed by atoms with E-state index in [9.17, 15) is 0 Å². The van der Waals surface area contributed by atoms with Crippen molar-refractivity contribution in [2.24, 2.45) is 13.0 Å². The van der Waals surface area contributed by atoms with E-state index >= 15 is 0 Å². The Morgan fingerprint density at radius 2 is 1.45 bits per heavy atom. The van der Waals surface area contributed by atoms with Crippen LogP contribution in [0.15, 0.2) is 142 Å². The molecule has 2 aliphatic carbocycles. The molecule has 4 heteroatoms. The highest BCUT2D eigenvalue weighted by atomic mass is 32.2. The molecule has 0 bridgehead atoms. The average Bonchev–Trinajstić information content (AvgIpc) is 3.55. The van der Waals surface area contributed by atoms with Gasteiger partial charge in [0, 0.05) is 24.1 Å². The van der Waals surface area contributed by atoms with Crippen LogP contribution in [0.25, 0.3) is 38.5 Å². The topological polar surface area (TPSA) is 7.12 Å². The van der Waals surface area contributed by atoms with E-state index in [1.165, 1.54) is 82.7 Å². The first-order valence-electron chi connectivity index (χ1n) is 15.5. The molecule has 2 heterocycles. The van der Waals surface area contributed by atoms with Crippen LogP contribution in [0.4, 0.5) is 5.69 Å². The van der Waals surface area contributed by atoms with Gasteiger partial charge in [0.25, 0.3) is 5.01 Å². The first kappa shape index (κ1) is 27.4. The molecule has 0 radical (unpaired) electrons. The summed E-state index contributed by atoms with van der Waals surface area (Å²) < 4.78 is 3.69. The molecule has 0 amide bonds. The van der Waals surface area contributed by atoms with Crippen molar-refractivity contribution in [3.8, 4) is 22.3 Å². The zero-order chi connectivity index (χ0) is 29.6. The van der Waals surface area contributed by atoms with Crippen LogP contribution in [0.5, 0.6) is 0 Å². The van der Waals surface area contributed by atoms with Crippen LogP contribution in [-0.2, 0) is 7.05 Å². The molecule has 0 saturated carbocycles. The van der Waals surface area contributed by atoms with Gasteiger partial charge in [-0.3, -0.25) is 0 Å². The Labute approximate surface area is 268 Å². The van der Waals surface area contributed by atoms with Crippen LogP contribution in [0.1, 0.15) is 30.7 Å². The van der Waals surface area contributed by atoms with E-state index in [0.717, 1.165) is 12.8 Å². The predicted molar refractivity (Wildman–Crippen MR) is 189 cm³/mol. The van der Waals surface area contributed by atoms with E-state index in [0.29, 0.717) is 5.92 Å². The van der Waals surface area contributed by atoms with Gasteiger partial charge in [0.15, 0.2) is 0 Å². The average molecular weight is 608 g/mol. The number of anilines is 1. The molecule has 8 rings (SSSR count). The standard InChI is InChI=1S/C40H35N2S2/c1-41-35-19-17-32(29-9-5-3-6-10-29)25-37(35)43-39(41)23-27-13-15-31-16-14-28(22-34(31)21-27)24-40-42(2)36-20-18-33(26-38(36)44-40)30-11-7-4-8-12-30/h3-12,17-26,31H,13-16H2,1-2H3/q+1. The summed E-state index contributed by atoms with van der Waals surface area (Å²) in [4.78, 5) is 3.69. The molecule has 1 aromatic heterocycles. The van der Waals surface area contributed by atoms with Crippen LogP contribution >= 0.6 is 23.1 Å². The Kier molecular flexibility index (Phi) is 7.12. The number of hydrogen-bond donors (Lipinski definition) is 0. The van der Waals surface area contributed by atoms with E-state index in [-0.39, 0.29) is 0 Å². The molecule has 44 heavy (non-hydrogen) atoms. The van der Waals surface area contributed by atoms with Crippen molar-refractivity contribution in [2.75, 3.05) is 11.9 Å². The fraction of sp³-hybridized carbons (Fsp3) is 0.175. The number of thioether (sulfide) groups is 1. The second-order valence-corrected chi connectivity index (χ2v) is 14.2. The fourth-order valence-corrected chi connectivity index (χ4v) is 9.11. The Morgan fingerprint density at radius 3 is 2.23 bits per heavy atom. The number of rotatable bonds is 4. The van der Waals surface area contributed by atoms with Gasteiger partial charge in [-0.05, 0) is 101 Å². The Hall–Kier alpha value is -4.12. The fourth-order valence-electron chi connectivity index (χ4n) is 6.77. The summed E-state index contributed by atoms with van der Waals surface area (Å²) in [5.74, 6) is 0.679. The molecule has 5 aromatic rings. The van der Waals surface area contributed by atoms with Crippen molar-refractivity contribution in [2.45, 2.75) is 30.6 Å². The summed E-state index contributed by atoms with van der Waals surface area (Å²) in [6.07, 6.45) is 14.6. The van der Waals surface area contributed by atoms with Crippen molar-refractivity contribution in [3.05, 3.63) is 142 Å². The third kappa shape index (κ3) is 5.16. The van der Waals surface area contributed by atoms with Gasteiger partial charge in [-0.2, -0.15) is 4.57 Å². The highest BCUT2D eigenvalue weighted by Gasteiger charge is 2.26. The van der Waals surface area contributed by atoms with Crippen LogP contribution in [-0.4, -0.2) is 7.05 Å². The molecule has 0 spiro atoms. The molecule has 3 aliphatic rings. The molecule has 4 aromatic carbocycles. The molecular weight excluding hydrogens is 573 g/mol. The molecule has 1 unspecified atom stereocenters. The molecule has 0 N–H and O–H groups in total. The van der Waals surface area contributed by atoms with Gasteiger partial charge in [0.1, 0.15) is 11.7 Å². The Morgan fingerprint density at radius 1 is 0.750 bits per heavy atom. The van der Waals surface area contributed by atoms with E-state index in [2.05, 4.69) is 145 Å². The zero-order valence-corrected chi connectivity index (χ0v) is 26.8. The highest BCUT2D eigenvalue weighted by Crippen LogP contribution is 2.48. The number of benzene rings is 4. The third-order valence-electron chi connectivity index (χ3n) is 9.30. The summed E-state index contributed by atoms with van der Waals surface area (Å²) in [7, 11) is 4.40. The Bertz CT molecular complexity index is 2010. The summed E-state index contributed by atoms with van der Waals surface area (Å²) in [6.45, 7) is 0. The SMILES string of the molecule is CN1C(=CC2=CC3=CC(=Cc4sc5cc(-c6ccccc6)ccc5[n+]4C)CCC3CC2)Sc2cc(-c3ccccc3)ccc21. The van der Waals surface area contributed by atoms with E-state index in [4.69, 9.17) is 0 Å². The molecule has 0 saturated heterocycles. The number of fused-ring (bicyclic) bond motifs is 3. The minimum absolute atomic E-state index is 0.679. The van der Waals surface area contributed by atoms with Crippen molar-refractivity contribution in [1.29, 1.82) is 0 Å². The number of allylic oxidation sites excluding steroid dienone is 6. The van der Waals surface area contributed by atoms with Crippen LogP contribution in [0.3, 0.4) is 0 Å². The highest BCUT2D eigenvalue weighted by molar-refractivity contribution is 8.03. The van der Waals surface area contributed by atoms with Gasteiger partial charge >= 0.3 is 0 Å². The maximum atomic E-state index is 2.48. The van der Waals surface area contributed by atoms with Crippen molar-refractivity contribution in [1.82, 2.24) is 0 Å². The lowest BCUT2D eigenvalue weighted by molar-refractivity contribution is -0.642. The number of hydrogen-bond acceptors (Lipinski definition) is 3. The summed E-state index contributed by atoms with van der Waals surface area (Å²) in [5.41, 5.74) is 12.1. The molecule has 1 atom stereocenters. The van der Waals surface area contributed by atoms with E-state index < -0.39 is 0 Å². The number of aryl methyl sites for hydroxylation is 1.